The number of rotatable bonds is 6. The summed E-state index contributed by atoms with van der Waals surface area (Å²) >= 11 is 8.06. The van der Waals surface area contributed by atoms with Gasteiger partial charge in [0.15, 0.2) is 0 Å². The summed E-state index contributed by atoms with van der Waals surface area (Å²) in [6.45, 7) is 0. The lowest BCUT2D eigenvalue weighted by Gasteiger charge is -2.28. The number of hydrogen-bond donors (Lipinski definition) is 1. The van der Waals surface area contributed by atoms with Gasteiger partial charge in [-0.15, -0.1) is 0 Å². The minimum atomic E-state index is -0.287. The summed E-state index contributed by atoms with van der Waals surface area (Å²) in [5.74, 6) is 2.52. The van der Waals surface area contributed by atoms with E-state index in [9.17, 15) is 5.26 Å². The molecule has 0 spiro atoms. The quantitative estimate of drug-likeness (QED) is 0.798. The first-order valence-corrected chi connectivity index (χ1v) is 8.66. The van der Waals surface area contributed by atoms with Crippen molar-refractivity contribution in [2.24, 2.45) is 5.92 Å². The second-order valence-corrected chi connectivity index (χ2v) is 6.87. The van der Waals surface area contributed by atoms with E-state index in [2.05, 4.69) is 17.5 Å². The van der Waals surface area contributed by atoms with Gasteiger partial charge < -0.3 is 5.32 Å². The molecule has 4 heteroatoms. The van der Waals surface area contributed by atoms with Crippen molar-refractivity contribution in [2.75, 3.05) is 12.8 Å². The van der Waals surface area contributed by atoms with E-state index in [-0.39, 0.29) is 5.54 Å². The highest BCUT2D eigenvalue weighted by Crippen LogP contribution is 2.38. The van der Waals surface area contributed by atoms with Gasteiger partial charge in [-0.1, -0.05) is 36.2 Å². The Kier molecular flexibility index (Phi) is 5.77. The molecule has 0 amide bonds. The maximum Gasteiger partial charge on any atom is 0.109 e. The average molecular weight is 309 g/mol. The molecule has 1 saturated carbocycles. The Bertz CT molecular complexity index is 486. The van der Waals surface area contributed by atoms with Crippen LogP contribution in [0.4, 0.5) is 0 Å². The van der Waals surface area contributed by atoms with Gasteiger partial charge in [-0.25, -0.2) is 0 Å². The third-order valence-electron chi connectivity index (χ3n) is 4.29. The van der Waals surface area contributed by atoms with Crippen molar-refractivity contribution in [3.8, 4) is 6.07 Å². The number of benzene rings is 1. The van der Waals surface area contributed by atoms with Gasteiger partial charge in [-0.3, -0.25) is 0 Å². The van der Waals surface area contributed by atoms with Crippen LogP contribution in [-0.4, -0.2) is 18.3 Å². The van der Waals surface area contributed by atoms with Gasteiger partial charge in [0.2, 0.25) is 0 Å². The minimum absolute atomic E-state index is 0.287. The normalized spacial score (nSPS) is 25.6. The Morgan fingerprint density at radius 2 is 2.30 bits per heavy atom. The zero-order chi connectivity index (χ0) is 14.4. The number of nitrogens with one attached hydrogen (secondary N) is 1. The molecule has 1 aliphatic rings. The number of nitrogens with zero attached hydrogens (tertiary/aromatic N) is 1. The van der Waals surface area contributed by atoms with Gasteiger partial charge in [-0.05, 0) is 49.6 Å². The first kappa shape index (κ1) is 15.7. The molecule has 20 heavy (non-hydrogen) atoms. The highest BCUT2D eigenvalue weighted by Gasteiger charge is 2.41. The molecule has 0 aliphatic heterocycles. The summed E-state index contributed by atoms with van der Waals surface area (Å²) in [4.78, 5) is 0. The van der Waals surface area contributed by atoms with Crippen LogP contribution in [-0.2, 0) is 5.75 Å². The molecule has 1 aromatic rings. The molecule has 0 aromatic heterocycles. The Labute approximate surface area is 130 Å². The van der Waals surface area contributed by atoms with Crippen molar-refractivity contribution >= 4 is 23.4 Å². The lowest BCUT2D eigenvalue weighted by molar-refractivity contribution is 0.332. The summed E-state index contributed by atoms with van der Waals surface area (Å²) in [6.07, 6.45) is 4.42. The van der Waals surface area contributed by atoms with Crippen molar-refractivity contribution in [3.05, 3.63) is 34.9 Å². The zero-order valence-electron chi connectivity index (χ0n) is 11.9. The van der Waals surface area contributed by atoms with Crippen molar-refractivity contribution in [2.45, 2.75) is 37.0 Å². The van der Waals surface area contributed by atoms with E-state index >= 15 is 0 Å². The van der Waals surface area contributed by atoms with Crippen LogP contribution in [0.1, 0.15) is 31.2 Å². The Morgan fingerprint density at radius 3 is 3.00 bits per heavy atom. The molecule has 2 rings (SSSR count). The predicted molar refractivity (Wildman–Crippen MR) is 87.0 cm³/mol. The van der Waals surface area contributed by atoms with E-state index < -0.39 is 0 Å². The van der Waals surface area contributed by atoms with E-state index in [1.807, 2.05) is 37.0 Å². The SMILES string of the molecule is CNC1(C#N)CCCC1CCSCc1ccccc1Cl. The molecule has 1 aromatic carbocycles. The molecule has 0 radical (unpaired) electrons. The summed E-state index contributed by atoms with van der Waals surface area (Å²) in [6, 6.07) is 10.5. The smallest absolute Gasteiger partial charge is 0.109 e. The van der Waals surface area contributed by atoms with Crippen LogP contribution in [0.15, 0.2) is 24.3 Å². The predicted octanol–water partition coefficient (Wildman–Crippen LogP) is 4.25. The maximum absolute atomic E-state index is 9.42. The van der Waals surface area contributed by atoms with Gasteiger partial charge >= 0.3 is 0 Å². The summed E-state index contributed by atoms with van der Waals surface area (Å²) in [5, 5.41) is 13.5. The molecule has 0 saturated heterocycles. The third kappa shape index (κ3) is 3.49. The number of thioether (sulfide) groups is 1. The fourth-order valence-corrected chi connectivity index (χ4v) is 4.37. The topological polar surface area (TPSA) is 35.8 Å². The van der Waals surface area contributed by atoms with Crippen LogP contribution in [0.25, 0.3) is 0 Å². The largest absolute Gasteiger partial charge is 0.302 e. The first-order valence-electron chi connectivity index (χ1n) is 7.13. The van der Waals surface area contributed by atoms with Gasteiger partial charge in [0.25, 0.3) is 0 Å². The zero-order valence-corrected chi connectivity index (χ0v) is 13.4. The summed E-state index contributed by atoms with van der Waals surface area (Å²) in [5.41, 5.74) is 0.913. The Balaban J connectivity index is 1.79. The minimum Gasteiger partial charge on any atom is -0.302 e. The number of hydrogen-bond acceptors (Lipinski definition) is 3. The molecule has 1 fully saturated rings. The van der Waals surface area contributed by atoms with Crippen LogP contribution >= 0.6 is 23.4 Å². The lowest BCUT2D eigenvalue weighted by Crippen LogP contribution is -2.44. The average Bonchev–Trinajstić information content (AvgIpc) is 2.89. The third-order valence-corrected chi connectivity index (χ3v) is 5.70. The van der Waals surface area contributed by atoms with E-state index in [0.717, 1.165) is 35.8 Å². The molecule has 1 aliphatic carbocycles. The van der Waals surface area contributed by atoms with E-state index in [1.165, 1.54) is 12.0 Å². The van der Waals surface area contributed by atoms with Crippen LogP contribution in [0, 0.1) is 17.2 Å². The second-order valence-electron chi connectivity index (χ2n) is 5.35. The van der Waals surface area contributed by atoms with E-state index in [1.54, 1.807) is 0 Å². The van der Waals surface area contributed by atoms with Gasteiger partial charge in [-0.2, -0.15) is 17.0 Å². The van der Waals surface area contributed by atoms with Gasteiger partial charge in [0.05, 0.1) is 6.07 Å². The van der Waals surface area contributed by atoms with Crippen molar-refractivity contribution < 1.29 is 0 Å². The van der Waals surface area contributed by atoms with Crippen LogP contribution < -0.4 is 5.32 Å². The second kappa shape index (κ2) is 7.36. The van der Waals surface area contributed by atoms with Gasteiger partial charge in [0.1, 0.15) is 5.54 Å². The summed E-state index contributed by atoms with van der Waals surface area (Å²) < 4.78 is 0. The van der Waals surface area contributed by atoms with Gasteiger partial charge in [0, 0.05) is 10.8 Å². The van der Waals surface area contributed by atoms with Crippen molar-refractivity contribution in [1.29, 1.82) is 5.26 Å². The molecule has 1 N–H and O–H groups in total. The highest BCUT2D eigenvalue weighted by molar-refractivity contribution is 7.98. The van der Waals surface area contributed by atoms with Crippen molar-refractivity contribution in [3.63, 3.8) is 0 Å². The fourth-order valence-electron chi connectivity index (χ4n) is 3.02. The number of halogens is 1. The fraction of sp³-hybridized carbons (Fsp3) is 0.562. The Hall–Kier alpha value is -0.690. The molecule has 108 valence electrons. The first-order chi connectivity index (χ1) is 9.72. The Morgan fingerprint density at radius 1 is 1.50 bits per heavy atom. The molecule has 2 unspecified atom stereocenters. The number of nitriles is 1. The highest BCUT2D eigenvalue weighted by atomic mass is 35.5. The molecular weight excluding hydrogens is 288 g/mol. The van der Waals surface area contributed by atoms with Crippen LogP contribution in [0.3, 0.4) is 0 Å². The molecular formula is C16H21ClN2S. The molecule has 0 bridgehead atoms. The van der Waals surface area contributed by atoms with E-state index in [0.29, 0.717) is 5.92 Å². The standard InChI is InChI=1S/C16H21ClN2S/c1-19-16(12-18)9-4-6-14(16)8-10-20-11-13-5-2-3-7-15(13)17/h2-3,5,7,14,19H,4,6,8-11H2,1H3. The van der Waals surface area contributed by atoms with Crippen LogP contribution in [0.2, 0.25) is 5.02 Å². The lowest BCUT2D eigenvalue weighted by atomic mass is 9.87. The summed E-state index contributed by atoms with van der Waals surface area (Å²) in [7, 11) is 1.92. The van der Waals surface area contributed by atoms with Crippen LogP contribution in [0.5, 0.6) is 0 Å². The van der Waals surface area contributed by atoms with Crippen molar-refractivity contribution in [1.82, 2.24) is 5.32 Å². The maximum atomic E-state index is 9.42. The molecule has 0 heterocycles. The monoisotopic (exact) mass is 308 g/mol. The van der Waals surface area contributed by atoms with E-state index in [4.69, 9.17) is 11.6 Å². The molecule has 2 atom stereocenters. The molecule has 2 nitrogen and oxygen atoms in total.